The molecule has 0 bridgehead atoms. The molecule has 1 rings (SSSR count). The van der Waals surface area contributed by atoms with E-state index in [2.05, 4.69) is 4.98 Å². The first-order chi connectivity index (χ1) is 7.58. The van der Waals surface area contributed by atoms with E-state index in [0.29, 0.717) is 5.69 Å². The van der Waals surface area contributed by atoms with Crippen LogP contribution >= 0.6 is 0 Å². The number of halogens is 3. The summed E-state index contributed by atoms with van der Waals surface area (Å²) in [5, 5.41) is 16.9. The molecule has 0 amide bonds. The summed E-state index contributed by atoms with van der Waals surface area (Å²) < 4.78 is 58.9. The van der Waals surface area contributed by atoms with E-state index in [1.54, 1.807) is 0 Å². The molecule has 0 aromatic heterocycles. The van der Waals surface area contributed by atoms with Crippen LogP contribution in [-0.2, 0) is 10.1 Å². The summed E-state index contributed by atoms with van der Waals surface area (Å²) in [6.45, 7) is 0. The van der Waals surface area contributed by atoms with Gasteiger partial charge in [0.25, 0.3) is 0 Å². The van der Waals surface area contributed by atoms with Gasteiger partial charge in [0.2, 0.25) is 5.39 Å². The number of aromatic hydroxyl groups is 1. The first kappa shape index (κ1) is 15.1. The number of diazo groups is 1. The minimum absolute atomic E-state index is 0.169. The second-order valence-electron chi connectivity index (χ2n) is 2.52. The number of phenolic OH excluding ortho intramolecular Hbond substituents is 1. The summed E-state index contributed by atoms with van der Waals surface area (Å²) in [4.78, 5) is 2.90. The van der Waals surface area contributed by atoms with Crippen LogP contribution in [0.5, 0.6) is 5.75 Å². The normalized spacial score (nSPS) is 11.0. The molecule has 1 aromatic rings. The Balaban J connectivity index is 0.000000304. The molecule has 0 atom stereocenters. The van der Waals surface area contributed by atoms with E-state index in [-0.39, 0.29) is 5.75 Å². The third-order valence-corrected chi connectivity index (χ3v) is 1.82. The van der Waals surface area contributed by atoms with Crippen LogP contribution in [0.1, 0.15) is 0 Å². The van der Waals surface area contributed by atoms with Crippen molar-refractivity contribution in [3.8, 4) is 5.75 Å². The molecule has 0 saturated carbocycles. The molecule has 0 unspecified atom stereocenters. The van der Waals surface area contributed by atoms with Crippen molar-refractivity contribution >= 4 is 15.8 Å². The van der Waals surface area contributed by atoms with Gasteiger partial charge < -0.3 is 9.66 Å². The fourth-order valence-electron chi connectivity index (χ4n) is 0.519. The van der Waals surface area contributed by atoms with Gasteiger partial charge in [-0.1, -0.05) is 0 Å². The van der Waals surface area contributed by atoms with Crippen LogP contribution in [0.3, 0.4) is 0 Å². The average molecular weight is 270 g/mol. The van der Waals surface area contributed by atoms with Crippen molar-refractivity contribution < 1.29 is 31.2 Å². The molecular formula is C7H5F3N2O4S. The third kappa shape index (κ3) is 5.69. The fourth-order valence-corrected chi connectivity index (χ4v) is 0.519. The summed E-state index contributed by atoms with van der Waals surface area (Å²) in [7, 11) is -6.09. The minimum atomic E-state index is -6.09. The van der Waals surface area contributed by atoms with Crippen LogP contribution in [0.15, 0.2) is 24.3 Å². The van der Waals surface area contributed by atoms with E-state index in [4.69, 9.17) is 23.5 Å². The predicted octanol–water partition coefficient (Wildman–Crippen LogP) is 1.93. The van der Waals surface area contributed by atoms with Crippen LogP contribution in [-0.4, -0.2) is 23.6 Å². The van der Waals surface area contributed by atoms with Gasteiger partial charge in [0, 0.05) is 12.1 Å². The average Bonchev–Trinajstić information content (AvgIpc) is 2.17. The molecule has 6 nitrogen and oxygen atoms in total. The molecule has 0 aliphatic carbocycles. The smallest absolute Gasteiger partial charge is 0.485 e. The van der Waals surface area contributed by atoms with Crippen molar-refractivity contribution in [1.82, 2.24) is 0 Å². The molecule has 1 N–H and O–H groups in total. The van der Waals surface area contributed by atoms with Crippen LogP contribution < -0.4 is 0 Å². The highest BCUT2D eigenvalue weighted by molar-refractivity contribution is 7.86. The van der Waals surface area contributed by atoms with Gasteiger partial charge in [-0.15, -0.1) is 0 Å². The molecular weight excluding hydrogens is 265 g/mol. The number of benzene rings is 1. The molecule has 0 aliphatic rings. The van der Waals surface area contributed by atoms with Crippen LogP contribution in [0.4, 0.5) is 18.9 Å². The second kappa shape index (κ2) is 5.46. The van der Waals surface area contributed by atoms with Gasteiger partial charge >= 0.3 is 11.2 Å². The molecule has 94 valence electrons. The summed E-state index contributed by atoms with van der Waals surface area (Å²) in [5.41, 5.74) is -5.21. The second-order valence-corrected chi connectivity index (χ2v) is 3.89. The molecule has 0 radical (unpaired) electrons. The largest absolute Gasteiger partial charge is 0.741 e. The van der Waals surface area contributed by atoms with Gasteiger partial charge in [0.1, 0.15) is 5.75 Å². The standard InChI is InChI=1S/C6H4N2O.CHF3O3S/c7-8-5-1-3-6(9)4-2-5;2-1(3,4)8(5,6)7/h1-4H;(H,5,6,7). The Bertz CT molecular complexity index is 503. The highest BCUT2D eigenvalue weighted by Gasteiger charge is 2.36. The highest BCUT2D eigenvalue weighted by Crippen LogP contribution is 2.20. The van der Waals surface area contributed by atoms with Crippen molar-refractivity contribution in [1.29, 1.82) is 5.39 Å². The van der Waals surface area contributed by atoms with E-state index in [1.807, 2.05) is 0 Å². The minimum Gasteiger partial charge on any atom is -0.741 e. The van der Waals surface area contributed by atoms with Gasteiger partial charge in [0.05, 0.1) is 0 Å². The lowest BCUT2D eigenvalue weighted by atomic mass is 10.3. The van der Waals surface area contributed by atoms with Crippen molar-refractivity contribution in [2.75, 3.05) is 0 Å². The Morgan fingerprint density at radius 1 is 1.24 bits per heavy atom. The van der Waals surface area contributed by atoms with Gasteiger partial charge in [0.15, 0.2) is 15.1 Å². The van der Waals surface area contributed by atoms with Crippen molar-refractivity contribution in [3.63, 3.8) is 0 Å². The lowest BCUT2D eigenvalue weighted by Crippen LogP contribution is -2.21. The van der Waals surface area contributed by atoms with E-state index >= 15 is 0 Å². The maximum absolute atomic E-state index is 10.7. The zero-order valence-corrected chi connectivity index (χ0v) is 8.73. The van der Waals surface area contributed by atoms with Gasteiger partial charge in [-0.25, -0.2) is 8.42 Å². The Hall–Kier alpha value is -1.86. The molecule has 0 saturated heterocycles. The van der Waals surface area contributed by atoms with Gasteiger partial charge in [-0.2, -0.15) is 13.2 Å². The first-order valence-corrected chi connectivity index (χ1v) is 5.15. The van der Waals surface area contributed by atoms with Gasteiger partial charge in [-0.05, 0) is 12.1 Å². The maximum Gasteiger partial charge on any atom is 0.485 e. The molecule has 1 aromatic carbocycles. The van der Waals surface area contributed by atoms with E-state index in [0.717, 1.165) is 0 Å². The molecule has 0 aliphatic heterocycles. The van der Waals surface area contributed by atoms with Crippen LogP contribution in [0.2, 0.25) is 0 Å². The van der Waals surface area contributed by atoms with Gasteiger partial charge in [-0.3, -0.25) is 0 Å². The maximum atomic E-state index is 10.7. The monoisotopic (exact) mass is 270 g/mol. The Morgan fingerprint density at radius 2 is 1.59 bits per heavy atom. The predicted molar refractivity (Wildman–Crippen MR) is 48.6 cm³/mol. The number of hydrogen-bond donors (Lipinski definition) is 1. The Labute approximate surface area is 93.7 Å². The molecule has 0 spiro atoms. The van der Waals surface area contributed by atoms with Crippen molar-refractivity contribution in [2.45, 2.75) is 5.51 Å². The first-order valence-electron chi connectivity index (χ1n) is 3.74. The quantitative estimate of drug-likeness (QED) is 0.440. The lowest BCUT2D eigenvalue weighted by molar-refractivity contribution is -0.0517. The SMILES string of the molecule is N#[N+]c1ccc(O)cc1.O=S(=O)([O-])C(F)(F)F. The number of alkyl halides is 3. The molecule has 17 heavy (non-hydrogen) atoms. The number of nitrogens with zero attached hydrogens (tertiary/aromatic N) is 2. The van der Waals surface area contributed by atoms with Crippen molar-refractivity contribution in [2.24, 2.45) is 0 Å². The van der Waals surface area contributed by atoms with Crippen LogP contribution in [0, 0.1) is 5.39 Å². The summed E-state index contributed by atoms with van der Waals surface area (Å²) >= 11 is 0. The zero-order chi connectivity index (χ0) is 13.7. The molecule has 10 heteroatoms. The van der Waals surface area contributed by atoms with E-state index in [9.17, 15) is 13.2 Å². The Kier molecular flexibility index (Phi) is 4.87. The summed E-state index contributed by atoms with van der Waals surface area (Å²) in [6.07, 6.45) is 0. The summed E-state index contributed by atoms with van der Waals surface area (Å²) in [5.74, 6) is 0.169. The van der Waals surface area contributed by atoms with Crippen molar-refractivity contribution in [3.05, 3.63) is 29.2 Å². The Morgan fingerprint density at radius 3 is 1.82 bits per heavy atom. The van der Waals surface area contributed by atoms with E-state index in [1.165, 1.54) is 24.3 Å². The topological polar surface area (TPSA) is 106 Å². The fraction of sp³-hybridized carbons (Fsp3) is 0.143. The third-order valence-electron chi connectivity index (χ3n) is 1.25. The highest BCUT2D eigenvalue weighted by atomic mass is 32.2. The lowest BCUT2D eigenvalue weighted by Gasteiger charge is -2.08. The number of hydrogen-bond acceptors (Lipinski definition) is 5. The molecule has 0 heterocycles. The van der Waals surface area contributed by atoms with Crippen LogP contribution in [0.25, 0.3) is 4.98 Å². The molecule has 0 fully saturated rings. The number of phenols is 1. The summed E-state index contributed by atoms with van der Waals surface area (Å²) in [6, 6.07) is 5.93. The van der Waals surface area contributed by atoms with E-state index < -0.39 is 15.6 Å². The zero-order valence-electron chi connectivity index (χ0n) is 7.92. The number of rotatable bonds is 0.